The predicted molar refractivity (Wildman–Crippen MR) is 119 cm³/mol. The maximum atomic E-state index is 12.2. The van der Waals surface area contributed by atoms with E-state index in [2.05, 4.69) is 12.2 Å². The molecule has 0 saturated heterocycles. The third kappa shape index (κ3) is 10.6. The summed E-state index contributed by atoms with van der Waals surface area (Å²) in [6.07, 6.45) is 11.5. The molecule has 0 aromatic heterocycles. The van der Waals surface area contributed by atoms with Crippen LogP contribution in [0.4, 0.5) is 5.69 Å². The molecule has 1 unspecified atom stereocenters. The average molecular weight is 440 g/mol. The molecule has 0 heterocycles. The normalized spacial score (nSPS) is 11.6. The van der Waals surface area contributed by atoms with Crippen LogP contribution in [0.15, 0.2) is 18.2 Å². The summed E-state index contributed by atoms with van der Waals surface area (Å²) < 4.78 is 10.3. The maximum Gasteiger partial charge on any atom is 0.347 e. The Bertz CT molecular complexity index is 665. The molecule has 1 rings (SSSR count). The highest BCUT2D eigenvalue weighted by molar-refractivity contribution is 6.33. The molecule has 168 valence electrons. The van der Waals surface area contributed by atoms with Crippen molar-refractivity contribution in [3.05, 3.63) is 28.8 Å². The SMILES string of the molecule is CCCCCCCCCCCCOC(=O)C(C)OC(=O)c1ccc(Cl)c(NC=O)c1. The van der Waals surface area contributed by atoms with Crippen molar-refractivity contribution in [1.29, 1.82) is 0 Å². The van der Waals surface area contributed by atoms with Crippen molar-refractivity contribution < 1.29 is 23.9 Å². The first kappa shape index (κ1) is 26.0. The molecule has 0 aliphatic heterocycles. The fraction of sp³-hybridized carbons (Fsp3) is 0.609. The Hall–Kier alpha value is -2.08. The lowest BCUT2D eigenvalue weighted by atomic mass is 10.1. The molecule has 6 nitrogen and oxygen atoms in total. The minimum Gasteiger partial charge on any atom is -0.463 e. The Morgan fingerprint density at radius 3 is 2.23 bits per heavy atom. The highest BCUT2D eigenvalue weighted by Gasteiger charge is 2.20. The van der Waals surface area contributed by atoms with E-state index in [9.17, 15) is 14.4 Å². The van der Waals surface area contributed by atoms with Crippen molar-refractivity contribution in [2.75, 3.05) is 11.9 Å². The van der Waals surface area contributed by atoms with E-state index in [-0.39, 0.29) is 11.3 Å². The first-order valence-electron chi connectivity index (χ1n) is 10.9. The fourth-order valence-corrected chi connectivity index (χ4v) is 3.15. The number of carbonyl (C=O) groups is 3. The molecule has 30 heavy (non-hydrogen) atoms. The number of esters is 2. The molecule has 1 atom stereocenters. The van der Waals surface area contributed by atoms with E-state index < -0.39 is 18.0 Å². The van der Waals surface area contributed by atoms with Crippen molar-refractivity contribution in [2.45, 2.75) is 84.2 Å². The molecule has 0 aliphatic rings. The van der Waals surface area contributed by atoms with Crippen LogP contribution < -0.4 is 5.32 Å². The van der Waals surface area contributed by atoms with Gasteiger partial charge in [0, 0.05) is 0 Å². The van der Waals surface area contributed by atoms with E-state index in [0.717, 1.165) is 19.3 Å². The van der Waals surface area contributed by atoms with Gasteiger partial charge in [-0.3, -0.25) is 4.79 Å². The summed E-state index contributed by atoms with van der Waals surface area (Å²) in [6.45, 7) is 4.02. The summed E-state index contributed by atoms with van der Waals surface area (Å²) in [5.74, 6) is -1.26. The topological polar surface area (TPSA) is 81.7 Å². The molecule has 0 radical (unpaired) electrons. The van der Waals surface area contributed by atoms with E-state index in [4.69, 9.17) is 21.1 Å². The van der Waals surface area contributed by atoms with Crippen LogP contribution in [0, 0.1) is 0 Å². The van der Waals surface area contributed by atoms with Crippen LogP contribution in [0.3, 0.4) is 0 Å². The zero-order valence-corrected chi connectivity index (χ0v) is 18.8. The molecule has 7 heteroatoms. The summed E-state index contributed by atoms with van der Waals surface area (Å²) in [4.78, 5) is 34.8. The van der Waals surface area contributed by atoms with Crippen LogP contribution in [-0.2, 0) is 19.1 Å². The second kappa shape index (κ2) is 15.7. The van der Waals surface area contributed by atoms with Gasteiger partial charge in [-0.05, 0) is 31.5 Å². The first-order chi connectivity index (χ1) is 14.5. The predicted octanol–water partition coefficient (Wildman–Crippen LogP) is 5.92. The second-order valence-corrected chi connectivity index (χ2v) is 7.76. The van der Waals surface area contributed by atoms with E-state index in [0.29, 0.717) is 18.0 Å². The van der Waals surface area contributed by atoms with E-state index in [1.165, 1.54) is 70.1 Å². The van der Waals surface area contributed by atoms with Gasteiger partial charge in [0.15, 0.2) is 6.10 Å². The Labute approximate surface area is 184 Å². The van der Waals surface area contributed by atoms with Crippen molar-refractivity contribution in [3.63, 3.8) is 0 Å². The number of unbranched alkanes of at least 4 members (excludes halogenated alkanes) is 9. The van der Waals surface area contributed by atoms with Crippen LogP contribution >= 0.6 is 11.6 Å². The van der Waals surface area contributed by atoms with Gasteiger partial charge in [-0.2, -0.15) is 0 Å². The molecule has 0 bridgehead atoms. The van der Waals surface area contributed by atoms with Gasteiger partial charge in [-0.25, -0.2) is 9.59 Å². The zero-order valence-electron chi connectivity index (χ0n) is 18.1. The number of carbonyl (C=O) groups excluding carboxylic acids is 3. The largest absolute Gasteiger partial charge is 0.463 e. The zero-order chi connectivity index (χ0) is 22.2. The average Bonchev–Trinajstić information content (AvgIpc) is 2.73. The number of nitrogens with one attached hydrogen (secondary N) is 1. The molecular formula is C23H34ClNO5. The highest BCUT2D eigenvalue weighted by atomic mass is 35.5. The summed E-state index contributed by atoms with van der Waals surface area (Å²) in [6, 6.07) is 4.32. The molecule has 1 amide bonds. The first-order valence-corrected chi connectivity index (χ1v) is 11.2. The summed E-state index contributed by atoms with van der Waals surface area (Å²) in [7, 11) is 0. The molecular weight excluding hydrogens is 406 g/mol. The quantitative estimate of drug-likeness (QED) is 0.196. The standard InChI is InChI=1S/C23H34ClNO5/c1-3-4-5-6-7-8-9-10-11-12-15-29-22(27)18(2)30-23(28)19-13-14-20(24)21(16-19)25-17-26/h13-14,16-18H,3-12,15H2,1-2H3,(H,25,26). The number of amides is 1. The molecule has 0 saturated carbocycles. The van der Waals surface area contributed by atoms with Crippen LogP contribution in [0.25, 0.3) is 0 Å². The van der Waals surface area contributed by atoms with Crippen molar-refractivity contribution in [1.82, 2.24) is 0 Å². The maximum absolute atomic E-state index is 12.2. The Balaban J connectivity index is 2.20. The highest BCUT2D eigenvalue weighted by Crippen LogP contribution is 2.23. The number of ether oxygens (including phenoxy) is 2. The lowest BCUT2D eigenvalue weighted by Crippen LogP contribution is -2.26. The van der Waals surface area contributed by atoms with Crippen molar-refractivity contribution in [2.24, 2.45) is 0 Å². The Morgan fingerprint density at radius 1 is 1.03 bits per heavy atom. The smallest absolute Gasteiger partial charge is 0.347 e. The van der Waals surface area contributed by atoms with Gasteiger partial charge in [0.05, 0.1) is 22.9 Å². The molecule has 0 fully saturated rings. The van der Waals surface area contributed by atoms with Gasteiger partial charge in [-0.15, -0.1) is 0 Å². The summed E-state index contributed by atoms with van der Waals surface area (Å²) in [5.41, 5.74) is 0.468. The monoisotopic (exact) mass is 439 g/mol. The number of benzene rings is 1. The van der Waals surface area contributed by atoms with Gasteiger partial charge in [-0.1, -0.05) is 76.3 Å². The Morgan fingerprint density at radius 2 is 1.63 bits per heavy atom. The summed E-state index contributed by atoms with van der Waals surface area (Å²) in [5, 5.41) is 2.69. The number of halogens is 1. The molecule has 0 aliphatic carbocycles. The van der Waals surface area contributed by atoms with Crippen molar-refractivity contribution >= 4 is 35.6 Å². The van der Waals surface area contributed by atoms with E-state index in [1.807, 2.05) is 0 Å². The Kier molecular flexibility index (Phi) is 13.6. The second-order valence-electron chi connectivity index (χ2n) is 7.35. The van der Waals surface area contributed by atoms with Gasteiger partial charge in [0.25, 0.3) is 0 Å². The lowest BCUT2D eigenvalue weighted by molar-refractivity contribution is -0.153. The number of hydrogen-bond donors (Lipinski definition) is 1. The molecule has 0 spiro atoms. The van der Waals surface area contributed by atoms with Gasteiger partial charge < -0.3 is 14.8 Å². The van der Waals surface area contributed by atoms with Crippen LogP contribution in [0.1, 0.15) is 88.4 Å². The summed E-state index contributed by atoms with van der Waals surface area (Å²) >= 11 is 5.92. The van der Waals surface area contributed by atoms with Gasteiger partial charge >= 0.3 is 11.9 Å². The van der Waals surface area contributed by atoms with Crippen LogP contribution in [0.2, 0.25) is 5.02 Å². The number of rotatable bonds is 16. The number of hydrogen-bond acceptors (Lipinski definition) is 5. The fourth-order valence-electron chi connectivity index (χ4n) is 2.98. The minimum absolute atomic E-state index is 0.179. The van der Waals surface area contributed by atoms with Crippen molar-refractivity contribution in [3.8, 4) is 0 Å². The number of anilines is 1. The third-order valence-corrected chi connectivity index (χ3v) is 5.10. The molecule has 1 N–H and O–H groups in total. The van der Waals surface area contributed by atoms with Crippen LogP contribution in [-0.4, -0.2) is 31.1 Å². The van der Waals surface area contributed by atoms with Gasteiger partial charge in [0.1, 0.15) is 0 Å². The molecule has 1 aromatic carbocycles. The van der Waals surface area contributed by atoms with Gasteiger partial charge in [0.2, 0.25) is 6.41 Å². The van der Waals surface area contributed by atoms with E-state index >= 15 is 0 Å². The lowest BCUT2D eigenvalue weighted by Gasteiger charge is -2.13. The molecule has 1 aromatic rings. The van der Waals surface area contributed by atoms with E-state index in [1.54, 1.807) is 0 Å². The van der Waals surface area contributed by atoms with Crippen LogP contribution in [0.5, 0.6) is 0 Å². The third-order valence-electron chi connectivity index (χ3n) is 4.77. The minimum atomic E-state index is -1.02.